The molecule has 0 saturated carbocycles. The van der Waals surface area contributed by atoms with Gasteiger partial charge in [0.15, 0.2) is 5.96 Å². The van der Waals surface area contributed by atoms with E-state index in [2.05, 4.69) is 34.7 Å². The van der Waals surface area contributed by atoms with E-state index in [4.69, 9.17) is 16.3 Å². The summed E-state index contributed by atoms with van der Waals surface area (Å²) in [7, 11) is 0. The van der Waals surface area contributed by atoms with Crippen molar-refractivity contribution in [3.05, 3.63) is 34.9 Å². The summed E-state index contributed by atoms with van der Waals surface area (Å²) in [6.45, 7) is 7.33. The molecular weight excluding hydrogens is 491 g/mol. The van der Waals surface area contributed by atoms with Gasteiger partial charge in [0.1, 0.15) is 0 Å². The Labute approximate surface area is 190 Å². The maximum atomic E-state index is 11.8. The summed E-state index contributed by atoms with van der Waals surface area (Å²) >= 11 is 5.92. The number of amides is 1. The van der Waals surface area contributed by atoms with Gasteiger partial charge in [-0.15, -0.1) is 24.0 Å². The summed E-state index contributed by atoms with van der Waals surface area (Å²) in [5, 5.41) is 7.57. The van der Waals surface area contributed by atoms with Crippen molar-refractivity contribution >= 4 is 47.6 Å². The Hall–Kier alpha value is -1.22. The number of aliphatic imine (C=N–C) groups is 1. The van der Waals surface area contributed by atoms with E-state index in [9.17, 15) is 4.79 Å². The van der Waals surface area contributed by atoms with E-state index in [0.717, 1.165) is 49.8 Å². The molecule has 1 aromatic rings. The molecule has 1 amide bonds. The van der Waals surface area contributed by atoms with Gasteiger partial charge in [-0.2, -0.15) is 0 Å². The fourth-order valence-corrected chi connectivity index (χ4v) is 3.19. The Morgan fingerprint density at radius 1 is 1.25 bits per heavy atom. The molecule has 28 heavy (non-hydrogen) atoms. The minimum atomic E-state index is -0.210. The standard InChI is InChI=1S/C20H31ClN4O2.HI/c1-3-22-19(23-13-5-6-16-7-9-17(21)10-8-16)24-18-11-14-25(15-12-18)20(26)27-4-2;/h7-10,18H,3-6,11-15H2,1-2H3,(H2,22,23,24);1H. The normalized spacial score (nSPS) is 15.0. The van der Waals surface area contributed by atoms with E-state index in [-0.39, 0.29) is 30.1 Å². The van der Waals surface area contributed by atoms with Crippen LogP contribution < -0.4 is 10.6 Å². The Bertz CT molecular complexity index is 605. The highest BCUT2D eigenvalue weighted by Gasteiger charge is 2.23. The predicted molar refractivity (Wildman–Crippen MR) is 126 cm³/mol. The zero-order valence-electron chi connectivity index (χ0n) is 16.7. The van der Waals surface area contributed by atoms with Crippen molar-refractivity contribution in [1.82, 2.24) is 15.5 Å². The second kappa shape index (κ2) is 13.9. The van der Waals surface area contributed by atoms with E-state index >= 15 is 0 Å². The van der Waals surface area contributed by atoms with Crippen molar-refractivity contribution in [3.63, 3.8) is 0 Å². The number of benzene rings is 1. The zero-order chi connectivity index (χ0) is 19.5. The number of aryl methyl sites for hydroxylation is 1. The summed E-state index contributed by atoms with van der Waals surface area (Å²) in [6, 6.07) is 8.30. The molecule has 1 fully saturated rings. The quantitative estimate of drug-likeness (QED) is 0.245. The second-order valence-corrected chi connectivity index (χ2v) is 7.03. The number of nitrogens with zero attached hydrogens (tertiary/aromatic N) is 2. The summed E-state index contributed by atoms with van der Waals surface area (Å²) < 4.78 is 5.07. The molecule has 6 nitrogen and oxygen atoms in total. The van der Waals surface area contributed by atoms with Crippen molar-refractivity contribution in [3.8, 4) is 0 Å². The van der Waals surface area contributed by atoms with E-state index in [0.29, 0.717) is 25.7 Å². The van der Waals surface area contributed by atoms with E-state index in [1.807, 2.05) is 19.1 Å². The molecule has 1 aliphatic rings. The molecule has 0 aromatic heterocycles. The SMILES string of the molecule is CCNC(=NCCCc1ccc(Cl)cc1)NC1CCN(C(=O)OCC)CC1.I. The predicted octanol–water partition coefficient (Wildman–Crippen LogP) is 4.07. The van der Waals surface area contributed by atoms with Crippen LogP contribution in [0.1, 0.15) is 38.7 Å². The van der Waals surface area contributed by atoms with Gasteiger partial charge in [0.2, 0.25) is 0 Å². The molecule has 158 valence electrons. The van der Waals surface area contributed by atoms with Crippen LogP contribution in [-0.2, 0) is 11.2 Å². The Kier molecular flexibility index (Phi) is 12.3. The molecule has 1 saturated heterocycles. The first-order valence-electron chi connectivity index (χ1n) is 9.83. The molecule has 0 aliphatic carbocycles. The summed E-state index contributed by atoms with van der Waals surface area (Å²) in [5.41, 5.74) is 1.28. The summed E-state index contributed by atoms with van der Waals surface area (Å²) in [4.78, 5) is 18.2. The van der Waals surface area contributed by atoms with Gasteiger partial charge in [-0.1, -0.05) is 23.7 Å². The van der Waals surface area contributed by atoms with Gasteiger partial charge in [-0.3, -0.25) is 4.99 Å². The van der Waals surface area contributed by atoms with Crippen LogP contribution in [0.5, 0.6) is 0 Å². The molecule has 8 heteroatoms. The summed E-state index contributed by atoms with van der Waals surface area (Å²) in [6.07, 6.45) is 3.55. The third-order valence-corrected chi connectivity index (χ3v) is 4.76. The van der Waals surface area contributed by atoms with E-state index in [1.165, 1.54) is 5.56 Å². The Balaban J connectivity index is 0.00000392. The average Bonchev–Trinajstić information content (AvgIpc) is 2.67. The lowest BCUT2D eigenvalue weighted by molar-refractivity contribution is 0.0963. The van der Waals surface area contributed by atoms with E-state index in [1.54, 1.807) is 4.90 Å². The third kappa shape index (κ3) is 8.86. The van der Waals surface area contributed by atoms with Gasteiger partial charge in [0.05, 0.1) is 6.61 Å². The fraction of sp³-hybridized carbons (Fsp3) is 0.600. The van der Waals surface area contributed by atoms with Crippen LogP contribution in [0, 0.1) is 0 Å². The van der Waals surface area contributed by atoms with Gasteiger partial charge >= 0.3 is 6.09 Å². The monoisotopic (exact) mass is 522 g/mol. The van der Waals surface area contributed by atoms with Crippen LogP contribution >= 0.6 is 35.6 Å². The number of hydrogen-bond donors (Lipinski definition) is 2. The second-order valence-electron chi connectivity index (χ2n) is 6.60. The molecule has 1 aromatic carbocycles. The van der Waals surface area contributed by atoms with Crippen molar-refractivity contribution in [2.24, 2.45) is 4.99 Å². The van der Waals surface area contributed by atoms with Crippen LogP contribution in [0.2, 0.25) is 5.02 Å². The van der Waals surface area contributed by atoms with Crippen molar-refractivity contribution in [1.29, 1.82) is 0 Å². The number of carbonyl (C=O) groups is 1. The van der Waals surface area contributed by atoms with Crippen molar-refractivity contribution in [2.75, 3.05) is 32.8 Å². The topological polar surface area (TPSA) is 66.0 Å². The maximum absolute atomic E-state index is 11.8. The number of carbonyl (C=O) groups excluding carboxylic acids is 1. The lowest BCUT2D eigenvalue weighted by Crippen LogP contribution is -2.49. The highest BCUT2D eigenvalue weighted by atomic mass is 127. The van der Waals surface area contributed by atoms with E-state index < -0.39 is 0 Å². The van der Waals surface area contributed by atoms with Crippen LogP contribution in [0.3, 0.4) is 0 Å². The molecule has 2 N–H and O–H groups in total. The zero-order valence-corrected chi connectivity index (χ0v) is 19.8. The van der Waals surface area contributed by atoms with Gasteiger partial charge < -0.3 is 20.3 Å². The first kappa shape index (κ1) is 24.8. The molecule has 0 radical (unpaired) electrons. The van der Waals surface area contributed by atoms with Crippen LogP contribution in [0.15, 0.2) is 29.3 Å². The van der Waals surface area contributed by atoms with Gasteiger partial charge in [0.25, 0.3) is 0 Å². The average molecular weight is 523 g/mol. The maximum Gasteiger partial charge on any atom is 0.409 e. The lowest BCUT2D eigenvalue weighted by atomic mass is 10.1. The van der Waals surface area contributed by atoms with Crippen molar-refractivity contribution < 1.29 is 9.53 Å². The number of halogens is 2. The molecule has 0 unspecified atom stereocenters. The molecule has 0 bridgehead atoms. The highest BCUT2D eigenvalue weighted by molar-refractivity contribution is 14.0. The Morgan fingerprint density at radius 3 is 2.54 bits per heavy atom. The van der Waals surface area contributed by atoms with Crippen LogP contribution in [0.25, 0.3) is 0 Å². The number of ether oxygens (including phenoxy) is 1. The van der Waals surface area contributed by atoms with Crippen molar-refractivity contribution in [2.45, 2.75) is 45.6 Å². The largest absolute Gasteiger partial charge is 0.450 e. The first-order chi connectivity index (χ1) is 13.1. The molecule has 1 aliphatic heterocycles. The number of rotatable bonds is 7. The molecular formula is C20H32ClIN4O2. The molecule has 1 heterocycles. The minimum Gasteiger partial charge on any atom is -0.450 e. The number of likely N-dealkylation sites (tertiary alicyclic amines) is 1. The summed E-state index contributed by atoms with van der Waals surface area (Å²) in [5.74, 6) is 0.850. The number of piperidine rings is 1. The number of guanidine groups is 1. The molecule has 0 spiro atoms. The number of hydrogen-bond acceptors (Lipinski definition) is 3. The van der Waals surface area contributed by atoms with Crippen LogP contribution in [-0.4, -0.2) is 55.8 Å². The van der Waals surface area contributed by atoms with Crippen LogP contribution in [0.4, 0.5) is 4.79 Å². The molecule has 0 atom stereocenters. The minimum absolute atomic E-state index is 0. The highest BCUT2D eigenvalue weighted by Crippen LogP contribution is 2.12. The lowest BCUT2D eigenvalue weighted by Gasteiger charge is -2.32. The number of nitrogens with one attached hydrogen (secondary N) is 2. The third-order valence-electron chi connectivity index (χ3n) is 4.51. The smallest absolute Gasteiger partial charge is 0.409 e. The Morgan fingerprint density at radius 2 is 1.93 bits per heavy atom. The van der Waals surface area contributed by atoms with Gasteiger partial charge in [-0.05, 0) is 57.2 Å². The molecule has 2 rings (SSSR count). The fourth-order valence-electron chi connectivity index (χ4n) is 3.06. The van der Waals surface area contributed by atoms with Gasteiger partial charge in [-0.25, -0.2) is 4.79 Å². The van der Waals surface area contributed by atoms with Gasteiger partial charge in [0, 0.05) is 37.2 Å². The first-order valence-corrected chi connectivity index (χ1v) is 10.2.